The molecule has 2 N–H and O–H groups in total. The Morgan fingerprint density at radius 3 is 2.67 bits per heavy atom. The van der Waals surface area contributed by atoms with Gasteiger partial charge in [0.05, 0.1) is 6.26 Å². The fourth-order valence-electron chi connectivity index (χ4n) is 2.01. The first kappa shape index (κ1) is 18.4. The zero-order valence-corrected chi connectivity index (χ0v) is 13.9. The van der Waals surface area contributed by atoms with E-state index in [1.807, 2.05) is 30.3 Å². The summed E-state index contributed by atoms with van der Waals surface area (Å²) in [5.41, 5.74) is 1.14. The second-order valence-corrected chi connectivity index (χ2v) is 7.26. The molecule has 0 aromatic heterocycles. The van der Waals surface area contributed by atoms with Crippen molar-refractivity contribution in [1.29, 1.82) is 0 Å². The van der Waals surface area contributed by atoms with Gasteiger partial charge in [-0.2, -0.15) is 12.6 Å². The molecule has 6 heteroatoms. The van der Waals surface area contributed by atoms with Gasteiger partial charge in [-0.25, -0.2) is 0 Å². The van der Waals surface area contributed by atoms with Gasteiger partial charge in [0.2, 0.25) is 5.91 Å². The minimum atomic E-state index is -1.15. The number of thiol groups is 1. The highest BCUT2D eigenvalue weighted by Crippen LogP contribution is 2.12. The van der Waals surface area contributed by atoms with Crippen LogP contribution in [0.15, 0.2) is 30.3 Å². The first-order valence-corrected chi connectivity index (χ1v) is 9.11. The summed E-state index contributed by atoms with van der Waals surface area (Å²) < 4.78 is 11.6. The number of benzene rings is 1. The molecule has 0 aliphatic rings. The molecule has 21 heavy (non-hydrogen) atoms. The summed E-state index contributed by atoms with van der Waals surface area (Å²) in [6, 6.07) is 9.88. The van der Waals surface area contributed by atoms with E-state index in [0.717, 1.165) is 5.56 Å². The largest absolute Gasteiger partial charge is 0.615 e. The van der Waals surface area contributed by atoms with Gasteiger partial charge in [-0.1, -0.05) is 30.3 Å². The molecule has 0 saturated heterocycles. The molecule has 0 bridgehead atoms. The Morgan fingerprint density at radius 1 is 1.43 bits per heavy atom. The molecule has 3 unspecified atom stereocenters. The van der Waals surface area contributed by atoms with Crippen molar-refractivity contribution in [3.05, 3.63) is 35.9 Å². The second-order valence-electron chi connectivity index (χ2n) is 4.97. The second kappa shape index (κ2) is 10.1. The number of aliphatic hydroxyl groups excluding tert-OH is 1. The van der Waals surface area contributed by atoms with Crippen molar-refractivity contribution >= 4 is 29.7 Å². The molecule has 0 spiro atoms. The number of carbonyl (C=O) groups excluding carboxylic acids is 1. The van der Waals surface area contributed by atoms with E-state index in [4.69, 9.17) is 5.11 Å². The van der Waals surface area contributed by atoms with Crippen LogP contribution in [0.25, 0.3) is 0 Å². The molecule has 0 radical (unpaired) electrons. The van der Waals surface area contributed by atoms with E-state index in [1.165, 1.54) is 0 Å². The molecular formula is C15H23NO3S2. The van der Waals surface area contributed by atoms with Crippen LogP contribution in [0.2, 0.25) is 0 Å². The van der Waals surface area contributed by atoms with Crippen molar-refractivity contribution in [3.63, 3.8) is 0 Å². The van der Waals surface area contributed by atoms with Gasteiger partial charge in [0.15, 0.2) is 5.37 Å². The van der Waals surface area contributed by atoms with Crippen molar-refractivity contribution in [2.24, 2.45) is 0 Å². The maximum absolute atomic E-state index is 12.0. The molecule has 4 nitrogen and oxygen atoms in total. The van der Waals surface area contributed by atoms with E-state index < -0.39 is 16.5 Å². The van der Waals surface area contributed by atoms with E-state index in [-0.39, 0.29) is 24.2 Å². The molecule has 0 aliphatic heterocycles. The fourth-order valence-corrected chi connectivity index (χ4v) is 3.18. The van der Waals surface area contributed by atoms with Crippen LogP contribution in [0.5, 0.6) is 0 Å². The Morgan fingerprint density at radius 2 is 2.10 bits per heavy atom. The van der Waals surface area contributed by atoms with Gasteiger partial charge >= 0.3 is 0 Å². The predicted octanol–water partition coefficient (Wildman–Crippen LogP) is 1.51. The number of amides is 1. The zero-order valence-electron chi connectivity index (χ0n) is 12.2. The monoisotopic (exact) mass is 329 g/mol. The van der Waals surface area contributed by atoms with Crippen molar-refractivity contribution in [2.75, 3.05) is 12.9 Å². The molecule has 0 fully saturated rings. The molecular weight excluding hydrogens is 306 g/mol. The minimum Gasteiger partial charge on any atom is -0.615 e. The van der Waals surface area contributed by atoms with Gasteiger partial charge < -0.3 is 15.0 Å². The molecule has 0 heterocycles. The molecule has 0 saturated carbocycles. The predicted molar refractivity (Wildman–Crippen MR) is 89.9 cm³/mol. The van der Waals surface area contributed by atoms with E-state index in [0.29, 0.717) is 19.3 Å². The van der Waals surface area contributed by atoms with E-state index in [1.54, 1.807) is 6.26 Å². The zero-order chi connectivity index (χ0) is 15.7. The Hall–Kier alpha value is -0.690. The fraction of sp³-hybridized carbons (Fsp3) is 0.533. The average Bonchev–Trinajstić information content (AvgIpc) is 2.44. The van der Waals surface area contributed by atoms with Gasteiger partial charge in [-0.3, -0.25) is 4.79 Å². The number of hydrogen-bond donors (Lipinski definition) is 3. The Balaban J connectivity index is 2.40. The third-order valence-corrected chi connectivity index (χ3v) is 4.60. The highest BCUT2D eigenvalue weighted by Gasteiger charge is 2.21. The van der Waals surface area contributed by atoms with Crippen LogP contribution in [0, 0.1) is 0 Å². The molecule has 1 amide bonds. The number of carbonyl (C=O) groups is 1. The van der Waals surface area contributed by atoms with Crippen LogP contribution in [0.1, 0.15) is 24.8 Å². The van der Waals surface area contributed by atoms with Crippen molar-refractivity contribution < 1.29 is 14.5 Å². The summed E-state index contributed by atoms with van der Waals surface area (Å²) in [5.74, 6) is -0.149. The number of nitrogens with one attached hydrogen (secondary N) is 1. The summed E-state index contributed by atoms with van der Waals surface area (Å²) >= 11 is 3.30. The highest BCUT2D eigenvalue weighted by molar-refractivity contribution is 7.91. The molecule has 118 valence electrons. The SMILES string of the molecule is C[S+]([O-])C(CCCO)NC(=O)CC(S)Cc1ccccc1. The Labute approximate surface area is 134 Å². The summed E-state index contributed by atoms with van der Waals surface area (Å²) in [4.78, 5) is 12.0. The molecule has 1 aromatic carbocycles. The maximum atomic E-state index is 12.0. The van der Waals surface area contributed by atoms with Crippen LogP contribution in [0.3, 0.4) is 0 Å². The maximum Gasteiger partial charge on any atom is 0.224 e. The standard InChI is InChI=1S/C15H23NO3S2/c1-21(19)15(8-5-9-17)16-14(18)11-13(20)10-12-6-3-2-4-7-12/h2-4,6-7,13,15,17,20H,5,8-11H2,1H3,(H,16,18). The summed E-state index contributed by atoms with van der Waals surface area (Å²) in [7, 11) is 0. The number of hydrogen-bond acceptors (Lipinski definition) is 4. The normalized spacial score (nSPS) is 15.2. The van der Waals surface area contributed by atoms with Crippen LogP contribution in [0.4, 0.5) is 0 Å². The van der Waals surface area contributed by atoms with Gasteiger partial charge in [0.25, 0.3) is 0 Å². The van der Waals surface area contributed by atoms with Gasteiger partial charge in [-0.15, -0.1) is 0 Å². The smallest absolute Gasteiger partial charge is 0.224 e. The lowest BCUT2D eigenvalue weighted by atomic mass is 10.1. The van der Waals surface area contributed by atoms with Crippen LogP contribution >= 0.6 is 12.6 Å². The van der Waals surface area contributed by atoms with Crippen molar-refractivity contribution in [2.45, 2.75) is 36.3 Å². The first-order chi connectivity index (χ1) is 10.0. The van der Waals surface area contributed by atoms with Crippen molar-refractivity contribution in [3.8, 4) is 0 Å². The van der Waals surface area contributed by atoms with Gasteiger partial charge in [0, 0.05) is 24.7 Å². The molecule has 1 rings (SSSR count). The third kappa shape index (κ3) is 7.76. The van der Waals surface area contributed by atoms with Gasteiger partial charge in [0.1, 0.15) is 0 Å². The lowest BCUT2D eigenvalue weighted by molar-refractivity contribution is -0.121. The molecule has 1 aromatic rings. The molecule has 3 atom stereocenters. The quantitative estimate of drug-likeness (QED) is 0.475. The topological polar surface area (TPSA) is 72.4 Å². The highest BCUT2D eigenvalue weighted by atomic mass is 32.2. The van der Waals surface area contributed by atoms with Gasteiger partial charge in [-0.05, 0) is 29.6 Å². The van der Waals surface area contributed by atoms with Crippen LogP contribution < -0.4 is 5.32 Å². The summed E-state index contributed by atoms with van der Waals surface area (Å²) in [5, 5.41) is 11.1. The van der Waals surface area contributed by atoms with Crippen LogP contribution in [-0.4, -0.2) is 39.1 Å². The van der Waals surface area contributed by atoms with E-state index in [9.17, 15) is 9.35 Å². The third-order valence-electron chi connectivity index (χ3n) is 3.08. The lowest BCUT2D eigenvalue weighted by Crippen LogP contribution is -2.41. The number of aliphatic hydroxyl groups is 1. The van der Waals surface area contributed by atoms with E-state index in [2.05, 4.69) is 17.9 Å². The number of rotatable bonds is 9. The Bertz CT molecular complexity index is 415. The van der Waals surface area contributed by atoms with Crippen LogP contribution in [-0.2, 0) is 22.4 Å². The first-order valence-electron chi connectivity index (χ1n) is 6.97. The molecule has 0 aliphatic carbocycles. The van der Waals surface area contributed by atoms with Crippen molar-refractivity contribution in [1.82, 2.24) is 5.32 Å². The minimum absolute atomic E-state index is 0.0345. The lowest BCUT2D eigenvalue weighted by Gasteiger charge is -2.20. The Kier molecular flexibility index (Phi) is 8.84. The van der Waals surface area contributed by atoms with E-state index >= 15 is 0 Å². The summed E-state index contributed by atoms with van der Waals surface area (Å²) in [6.07, 6.45) is 3.60. The summed E-state index contributed by atoms with van der Waals surface area (Å²) in [6.45, 7) is 0.0345. The average molecular weight is 329 g/mol.